The Kier molecular flexibility index (Phi) is 20.6. The smallest absolute Gasteiger partial charge is 0.335 e. The Morgan fingerprint density at radius 3 is 1.11 bits per heavy atom. The van der Waals surface area contributed by atoms with E-state index in [0.717, 1.165) is 43.8 Å². The van der Waals surface area contributed by atoms with Crippen molar-refractivity contribution in [2.24, 2.45) is 34.8 Å². The largest absolute Gasteiger partial charge is 0.478 e. The van der Waals surface area contributed by atoms with Crippen molar-refractivity contribution in [2.75, 3.05) is 13.1 Å². The Morgan fingerprint density at radius 1 is 0.511 bits per heavy atom. The zero-order valence-corrected chi connectivity index (χ0v) is 27.3. The first-order valence-corrected chi connectivity index (χ1v) is 16.4. The van der Waals surface area contributed by atoms with Crippen molar-refractivity contribution in [1.82, 2.24) is 0 Å². The van der Waals surface area contributed by atoms with Crippen molar-refractivity contribution < 1.29 is 39.6 Å². The number of carboxylic acid groups (broad SMARTS) is 4. The molecule has 2 fully saturated rings. The van der Waals surface area contributed by atoms with Crippen LogP contribution >= 0.6 is 0 Å². The Bertz CT molecular complexity index is 1120. The minimum Gasteiger partial charge on any atom is -0.478 e. The number of nitrogens with two attached hydrogens (primary N) is 4. The molecule has 12 heteroatoms. The summed E-state index contributed by atoms with van der Waals surface area (Å²) in [6.07, 6.45) is 16.8. The van der Waals surface area contributed by atoms with Gasteiger partial charge in [-0.3, -0.25) is 0 Å². The third-order valence-electron chi connectivity index (χ3n) is 8.34. The molecular formula is C35H54N4O8. The predicted octanol–water partition coefficient (Wildman–Crippen LogP) is 5.04. The molecule has 2 aromatic carbocycles. The standard InChI is InChI=1S/C13H26N2.2C8H6O4.C6H16N2/c14-12-5-1-10(2-6-12)9-11-3-7-13(15)8-4-11;9-7(10)5-1-2-6(4-3-5)8(11)12;9-7(10)5-2-1-3-6(4-5)8(11)12;7-5-3-1-2-4-6-8/h10-13H,1-9,14-15H2;2*1-4H,(H,9,10)(H,11,12);1-8H2. The number of benzene rings is 2. The lowest BCUT2D eigenvalue weighted by Crippen LogP contribution is -2.30. The van der Waals surface area contributed by atoms with Gasteiger partial charge in [-0.25, -0.2) is 19.2 Å². The van der Waals surface area contributed by atoms with Gasteiger partial charge in [-0.15, -0.1) is 0 Å². The van der Waals surface area contributed by atoms with E-state index < -0.39 is 23.9 Å². The van der Waals surface area contributed by atoms with E-state index in [1.165, 1.54) is 113 Å². The van der Waals surface area contributed by atoms with E-state index in [1.54, 1.807) is 0 Å². The van der Waals surface area contributed by atoms with Crippen molar-refractivity contribution in [3.05, 3.63) is 70.8 Å². The summed E-state index contributed by atoms with van der Waals surface area (Å²) >= 11 is 0. The first-order chi connectivity index (χ1) is 22.4. The molecule has 0 aromatic heterocycles. The van der Waals surface area contributed by atoms with Gasteiger partial charge in [0.15, 0.2) is 0 Å². The quantitative estimate of drug-likeness (QED) is 0.148. The summed E-state index contributed by atoms with van der Waals surface area (Å²) in [7, 11) is 0. The molecule has 0 radical (unpaired) electrons. The lowest BCUT2D eigenvalue weighted by atomic mass is 9.76. The molecule has 0 amide bonds. The molecule has 2 aliphatic carbocycles. The lowest BCUT2D eigenvalue weighted by Gasteiger charge is -2.32. The summed E-state index contributed by atoms with van der Waals surface area (Å²) in [6, 6.07) is 11.2. The van der Waals surface area contributed by atoms with Crippen molar-refractivity contribution in [3.63, 3.8) is 0 Å². The SMILES string of the molecule is NC1CCC(CC2CCC(N)CC2)CC1.NCCCCCCN.O=C(O)c1ccc(C(=O)O)cc1.O=C(O)c1cccc(C(=O)O)c1. The molecule has 2 saturated carbocycles. The second-order valence-corrected chi connectivity index (χ2v) is 12.2. The summed E-state index contributed by atoms with van der Waals surface area (Å²) in [5.41, 5.74) is 22.6. The summed E-state index contributed by atoms with van der Waals surface area (Å²) in [4.78, 5) is 41.4. The average molecular weight is 659 g/mol. The van der Waals surface area contributed by atoms with E-state index in [2.05, 4.69) is 0 Å². The van der Waals surface area contributed by atoms with E-state index in [-0.39, 0.29) is 22.3 Å². The fourth-order valence-electron chi connectivity index (χ4n) is 5.50. The van der Waals surface area contributed by atoms with E-state index in [4.69, 9.17) is 43.4 Å². The topological polar surface area (TPSA) is 253 Å². The summed E-state index contributed by atoms with van der Waals surface area (Å²) in [5.74, 6) is -2.43. The van der Waals surface area contributed by atoms with Crippen LogP contribution in [0.1, 0.15) is 125 Å². The van der Waals surface area contributed by atoms with Gasteiger partial charge in [0.05, 0.1) is 22.3 Å². The zero-order valence-electron chi connectivity index (χ0n) is 27.3. The van der Waals surface area contributed by atoms with Gasteiger partial charge in [-0.2, -0.15) is 0 Å². The van der Waals surface area contributed by atoms with Crippen molar-refractivity contribution in [3.8, 4) is 0 Å². The van der Waals surface area contributed by atoms with Gasteiger partial charge >= 0.3 is 23.9 Å². The number of hydrogen-bond acceptors (Lipinski definition) is 8. The minimum absolute atomic E-state index is 0.0186. The zero-order chi connectivity index (χ0) is 35.2. The highest BCUT2D eigenvalue weighted by Crippen LogP contribution is 2.34. The third-order valence-corrected chi connectivity index (χ3v) is 8.34. The number of hydrogen-bond donors (Lipinski definition) is 8. The Balaban J connectivity index is 0.000000321. The number of carbonyl (C=O) groups is 4. The number of unbranched alkanes of at least 4 members (excludes halogenated alkanes) is 3. The van der Waals surface area contributed by atoms with Gasteiger partial charge in [0.1, 0.15) is 0 Å². The Labute approximate surface area is 277 Å². The molecule has 262 valence electrons. The van der Waals surface area contributed by atoms with Crippen molar-refractivity contribution in [1.29, 1.82) is 0 Å². The normalized spacial score (nSPS) is 20.1. The molecule has 2 aliphatic rings. The highest BCUT2D eigenvalue weighted by atomic mass is 16.4. The van der Waals surface area contributed by atoms with Gasteiger partial charge in [-0.1, -0.05) is 18.9 Å². The summed E-state index contributed by atoms with van der Waals surface area (Å²) in [6.45, 7) is 1.65. The predicted molar refractivity (Wildman–Crippen MR) is 182 cm³/mol. The maximum atomic E-state index is 10.4. The molecule has 47 heavy (non-hydrogen) atoms. The van der Waals surface area contributed by atoms with Crippen LogP contribution in [0, 0.1) is 11.8 Å². The van der Waals surface area contributed by atoms with Crippen LogP contribution in [-0.4, -0.2) is 69.5 Å². The van der Waals surface area contributed by atoms with Crippen LogP contribution < -0.4 is 22.9 Å². The van der Waals surface area contributed by atoms with E-state index >= 15 is 0 Å². The molecule has 12 N–H and O–H groups in total. The molecule has 12 nitrogen and oxygen atoms in total. The fraction of sp³-hybridized carbons (Fsp3) is 0.543. The van der Waals surface area contributed by atoms with Crippen molar-refractivity contribution in [2.45, 2.75) is 95.6 Å². The third kappa shape index (κ3) is 18.2. The molecule has 0 bridgehead atoms. The lowest BCUT2D eigenvalue weighted by molar-refractivity contribution is 0.0681. The van der Waals surface area contributed by atoms with Crippen LogP contribution in [0.3, 0.4) is 0 Å². The number of rotatable bonds is 11. The van der Waals surface area contributed by atoms with Crippen LogP contribution in [-0.2, 0) is 0 Å². The van der Waals surface area contributed by atoms with Crippen molar-refractivity contribution >= 4 is 23.9 Å². The fourth-order valence-corrected chi connectivity index (χ4v) is 5.50. The van der Waals surface area contributed by atoms with Crippen LogP contribution in [0.4, 0.5) is 0 Å². The highest BCUT2D eigenvalue weighted by Gasteiger charge is 2.24. The highest BCUT2D eigenvalue weighted by molar-refractivity contribution is 5.93. The first-order valence-electron chi connectivity index (χ1n) is 16.4. The molecule has 4 rings (SSSR count). The monoisotopic (exact) mass is 658 g/mol. The van der Waals surface area contributed by atoms with Gasteiger partial charge < -0.3 is 43.4 Å². The molecule has 0 saturated heterocycles. The molecule has 0 atom stereocenters. The molecule has 0 spiro atoms. The van der Waals surface area contributed by atoms with Gasteiger partial charge in [-0.05, 0) is 138 Å². The summed E-state index contributed by atoms with van der Waals surface area (Å²) in [5, 5.41) is 33.9. The Morgan fingerprint density at radius 2 is 0.830 bits per heavy atom. The Hall–Kier alpha value is -3.84. The molecule has 2 aromatic rings. The second kappa shape index (κ2) is 23.5. The molecule has 0 heterocycles. The van der Waals surface area contributed by atoms with E-state index in [1.807, 2.05) is 0 Å². The molecule has 0 aliphatic heterocycles. The van der Waals surface area contributed by atoms with Gasteiger partial charge in [0.2, 0.25) is 0 Å². The molecular weight excluding hydrogens is 604 g/mol. The van der Waals surface area contributed by atoms with Crippen LogP contribution in [0.15, 0.2) is 48.5 Å². The number of aromatic carboxylic acids is 4. The van der Waals surface area contributed by atoms with Crippen LogP contribution in [0.2, 0.25) is 0 Å². The second-order valence-electron chi connectivity index (χ2n) is 12.2. The van der Waals surface area contributed by atoms with Crippen LogP contribution in [0.25, 0.3) is 0 Å². The van der Waals surface area contributed by atoms with E-state index in [0.29, 0.717) is 12.1 Å². The maximum Gasteiger partial charge on any atom is 0.335 e. The number of carboxylic acids is 4. The van der Waals surface area contributed by atoms with Crippen LogP contribution in [0.5, 0.6) is 0 Å². The molecule has 0 unspecified atom stereocenters. The first kappa shape index (κ1) is 41.2. The average Bonchev–Trinajstić information content (AvgIpc) is 3.06. The van der Waals surface area contributed by atoms with Gasteiger partial charge in [0.25, 0.3) is 0 Å². The maximum absolute atomic E-state index is 10.4. The van der Waals surface area contributed by atoms with Gasteiger partial charge in [0, 0.05) is 12.1 Å². The minimum atomic E-state index is -1.13. The summed E-state index contributed by atoms with van der Waals surface area (Å²) < 4.78 is 0. The van der Waals surface area contributed by atoms with E-state index in [9.17, 15) is 19.2 Å².